The first kappa shape index (κ1) is 23.5. The number of nitrogens with zero attached hydrogens (tertiary/aromatic N) is 2. The summed E-state index contributed by atoms with van der Waals surface area (Å²) in [7, 11) is -3.93. The molecule has 0 bridgehead atoms. The number of rotatable bonds is 6. The minimum atomic E-state index is -3.93. The van der Waals surface area contributed by atoms with Crippen molar-refractivity contribution in [1.29, 1.82) is 0 Å². The van der Waals surface area contributed by atoms with E-state index in [1.165, 1.54) is 10.4 Å². The lowest BCUT2D eigenvalue weighted by atomic mass is 10.0. The van der Waals surface area contributed by atoms with E-state index < -0.39 is 15.8 Å². The van der Waals surface area contributed by atoms with Gasteiger partial charge in [-0.15, -0.1) is 0 Å². The number of carbonyl (C=O) groups excluding carboxylic acids is 1. The molecule has 0 aromatic heterocycles. The Morgan fingerprint density at radius 1 is 0.857 bits per heavy atom. The molecule has 2 heterocycles. The molecule has 1 spiro atoms. The highest BCUT2D eigenvalue weighted by Gasteiger charge is 2.41. The molecule has 3 aromatic carbocycles. The van der Waals surface area contributed by atoms with Crippen LogP contribution in [-0.4, -0.2) is 51.3 Å². The predicted molar refractivity (Wildman–Crippen MR) is 132 cm³/mol. The summed E-state index contributed by atoms with van der Waals surface area (Å²) in [6.45, 7) is 2.34. The highest BCUT2D eigenvalue weighted by molar-refractivity contribution is 7.92. The predicted octanol–water partition coefficient (Wildman–Crippen LogP) is 4.06. The van der Waals surface area contributed by atoms with Crippen LogP contribution in [-0.2, 0) is 26.0 Å². The van der Waals surface area contributed by atoms with Gasteiger partial charge in [-0.3, -0.25) is 9.10 Å². The summed E-state index contributed by atoms with van der Waals surface area (Å²) in [6.07, 6.45) is 1.21. The van der Waals surface area contributed by atoms with Gasteiger partial charge < -0.3 is 14.4 Å². The zero-order valence-corrected chi connectivity index (χ0v) is 20.2. The number of piperidine rings is 1. The van der Waals surface area contributed by atoms with Crippen molar-refractivity contribution in [2.24, 2.45) is 0 Å². The van der Waals surface area contributed by atoms with Crippen LogP contribution in [0.1, 0.15) is 28.8 Å². The second-order valence-electron chi connectivity index (χ2n) is 8.76. The van der Waals surface area contributed by atoms with Gasteiger partial charge in [-0.25, -0.2) is 8.42 Å². The van der Waals surface area contributed by atoms with Crippen LogP contribution in [0, 0.1) is 0 Å². The van der Waals surface area contributed by atoms with Crippen LogP contribution < -0.4 is 4.31 Å². The summed E-state index contributed by atoms with van der Waals surface area (Å²) in [6, 6.07) is 24.8. The summed E-state index contributed by atoms with van der Waals surface area (Å²) >= 11 is 0. The van der Waals surface area contributed by atoms with Gasteiger partial charge in [0.05, 0.1) is 30.3 Å². The summed E-state index contributed by atoms with van der Waals surface area (Å²) in [5.74, 6) is -0.764. The van der Waals surface area contributed by atoms with Crippen LogP contribution >= 0.6 is 0 Å². The Morgan fingerprint density at radius 2 is 1.49 bits per heavy atom. The quantitative estimate of drug-likeness (QED) is 0.519. The van der Waals surface area contributed by atoms with Crippen molar-refractivity contribution in [3.05, 3.63) is 96.1 Å². The minimum Gasteiger partial charge on any atom is -0.347 e. The first-order chi connectivity index (χ1) is 17.0. The maximum atomic E-state index is 13.8. The number of sulfonamides is 1. The zero-order chi connectivity index (χ0) is 24.3. The Bertz CT molecular complexity index is 1270. The number of likely N-dealkylation sites (tertiary alicyclic amines) is 1. The molecule has 8 heteroatoms. The molecule has 3 aromatic rings. The monoisotopic (exact) mass is 492 g/mol. The molecule has 2 fully saturated rings. The molecule has 0 radical (unpaired) electrons. The van der Waals surface area contributed by atoms with Crippen molar-refractivity contribution in [3.63, 3.8) is 0 Å². The van der Waals surface area contributed by atoms with Crippen molar-refractivity contribution >= 4 is 21.6 Å². The summed E-state index contributed by atoms with van der Waals surface area (Å²) in [5.41, 5.74) is 1.78. The molecule has 0 aliphatic carbocycles. The SMILES string of the molecule is O=C(c1cccc(S(=O)(=O)N(Cc2ccccc2)c2ccccc2)c1)N1CCC2(CC1)OCCO2. The number of carbonyl (C=O) groups is 1. The normalized spacial score (nSPS) is 17.4. The first-order valence-electron chi connectivity index (χ1n) is 11.8. The van der Waals surface area contributed by atoms with Crippen LogP contribution in [0.4, 0.5) is 5.69 Å². The largest absolute Gasteiger partial charge is 0.347 e. The van der Waals surface area contributed by atoms with Crippen LogP contribution in [0.25, 0.3) is 0 Å². The third-order valence-electron chi connectivity index (χ3n) is 6.51. The maximum absolute atomic E-state index is 13.8. The van der Waals surface area contributed by atoms with Gasteiger partial charge in [-0.1, -0.05) is 54.6 Å². The fourth-order valence-electron chi connectivity index (χ4n) is 4.59. The average Bonchev–Trinajstić information content (AvgIpc) is 3.36. The lowest BCUT2D eigenvalue weighted by Gasteiger charge is -2.37. The highest BCUT2D eigenvalue weighted by atomic mass is 32.2. The molecule has 0 unspecified atom stereocenters. The van der Waals surface area contributed by atoms with E-state index in [-0.39, 0.29) is 17.3 Å². The summed E-state index contributed by atoms with van der Waals surface area (Å²) in [4.78, 5) is 15.1. The van der Waals surface area contributed by atoms with Crippen molar-refractivity contribution < 1.29 is 22.7 Å². The second kappa shape index (κ2) is 9.81. The topological polar surface area (TPSA) is 76.2 Å². The third-order valence-corrected chi connectivity index (χ3v) is 8.28. The maximum Gasteiger partial charge on any atom is 0.264 e. The molecular weight excluding hydrogens is 464 g/mol. The van der Waals surface area contributed by atoms with Crippen LogP contribution in [0.5, 0.6) is 0 Å². The Kier molecular flexibility index (Phi) is 6.60. The molecular formula is C27H28N2O5S. The highest BCUT2D eigenvalue weighted by Crippen LogP contribution is 2.32. The van der Waals surface area contributed by atoms with Crippen molar-refractivity contribution in [3.8, 4) is 0 Å². The fraction of sp³-hybridized carbons (Fsp3) is 0.296. The van der Waals surface area contributed by atoms with E-state index in [4.69, 9.17) is 9.47 Å². The molecule has 5 rings (SSSR count). The Morgan fingerprint density at radius 3 is 2.14 bits per heavy atom. The Balaban J connectivity index is 1.40. The minimum absolute atomic E-state index is 0.0825. The Hall–Kier alpha value is -3.20. The van der Waals surface area contributed by atoms with Crippen LogP contribution in [0.3, 0.4) is 0 Å². The molecule has 1 amide bonds. The molecule has 7 nitrogen and oxygen atoms in total. The number of amides is 1. The van der Waals surface area contributed by atoms with Crippen molar-refractivity contribution in [2.45, 2.75) is 30.1 Å². The van der Waals surface area contributed by atoms with E-state index in [0.29, 0.717) is 50.4 Å². The summed E-state index contributed by atoms with van der Waals surface area (Å²) in [5, 5.41) is 0. The number of anilines is 1. The molecule has 2 saturated heterocycles. The molecule has 182 valence electrons. The van der Waals surface area contributed by atoms with Gasteiger partial charge >= 0.3 is 0 Å². The van der Waals surface area contributed by atoms with Crippen LogP contribution in [0.2, 0.25) is 0 Å². The van der Waals surface area contributed by atoms with E-state index >= 15 is 0 Å². The first-order valence-corrected chi connectivity index (χ1v) is 13.2. The Labute approximate surface area is 205 Å². The average molecular weight is 493 g/mol. The summed E-state index contributed by atoms with van der Waals surface area (Å²) < 4.78 is 40.5. The molecule has 0 N–H and O–H groups in total. The van der Waals surface area contributed by atoms with Gasteiger partial charge in [0.15, 0.2) is 5.79 Å². The van der Waals surface area contributed by atoms with E-state index in [1.54, 1.807) is 35.2 Å². The van der Waals surface area contributed by atoms with E-state index in [1.807, 2.05) is 48.5 Å². The van der Waals surface area contributed by atoms with Gasteiger partial charge in [-0.05, 0) is 35.9 Å². The standard InChI is InChI=1S/C27H28N2O5S/c30-26(28-16-14-27(15-17-28)33-18-19-34-27)23-10-7-13-25(20-23)35(31,32)29(24-11-5-2-6-12-24)21-22-8-3-1-4-9-22/h1-13,20H,14-19,21H2. The van der Waals surface area contributed by atoms with Crippen molar-refractivity contribution in [2.75, 3.05) is 30.6 Å². The lowest BCUT2D eigenvalue weighted by molar-refractivity contribution is -0.181. The number of benzene rings is 3. The molecule has 35 heavy (non-hydrogen) atoms. The lowest BCUT2D eigenvalue weighted by Crippen LogP contribution is -2.47. The van der Waals surface area contributed by atoms with Gasteiger partial charge in [0, 0.05) is 31.5 Å². The number of hydrogen-bond acceptors (Lipinski definition) is 5. The molecule has 0 atom stereocenters. The number of para-hydroxylation sites is 1. The second-order valence-corrected chi connectivity index (χ2v) is 10.6. The van der Waals surface area contributed by atoms with E-state index in [2.05, 4.69) is 0 Å². The zero-order valence-electron chi connectivity index (χ0n) is 19.4. The van der Waals surface area contributed by atoms with E-state index in [9.17, 15) is 13.2 Å². The molecule has 2 aliphatic rings. The third kappa shape index (κ3) is 4.96. The van der Waals surface area contributed by atoms with Crippen molar-refractivity contribution in [1.82, 2.24) is 4.90 Å². The number of hydrogen-bond donors (Lipinski definition) is 0. The van der Waals surface area contributed by atoms with Crippen LogP contribution in [0.15, 0.2) is 89.8 Å². The molecule has 0 saturated carbocycles. The van der Waals surface area contributed by atoms with Gasteiger partial charge in [0.25, 0.3) is 15.9 Å². The smallest absolute Gasteiger partial charge is 0.264 e. The van der Waals surface area contributed by atoms with Gasteiger partial charge in [-0.2, -0.15) is 0 Å². The molecule has 2 aliphatic heterocycles. The fourth-order valence-corrected chi connectivity index (χ4v) is 6.09. The van der Waals surface area contributed by atoms with Gasteiger partial charge in [0.1, 0.15) is 0 Å². The van der Waals surface area contributed by atoms with Gasteiger partial charge in [0.2, 0.25) is 0 Å². The van der Waals surface area contributed by atoms with E-state index in [0.717, 1.165) is 5.56 Å². The number of ether oxygens (including phenoxy) is 2.